The van der Waals surface area contributed by atoms with E-state index in [-0.39, 0.29) is 0 Å². The third kappa shape index (κ3) is 24.9. The Hall–Kier alpha value is -2.04. The quantitative estimate of drug-likeness (QED) is 0.552. The number of carboxylic acid groups (broad SMARTS) is 2. The van der Waals surface area contributed by atoms with E-state index in [0.717, 1.165) is 12.8 Å². The molecule has 0 aliphatic rings. The van der Waals surface area contributed by atoms with Crippen LogP contribution in [0.3, 0.4) is 0 Å². The maximum absolute atomic E-state index is 9.55. The molecule has 0 aromatic heterocycles. The van der Waals surface area contributed by atoms with Crippen LogP contribution in [0.4, 0.5) is 0 Å². The van der Waals surface area contributed by atoms with Gasteiger partial charge in [-0.05, 0) is 25.0 Å². The molecule has 0 unspecified atom stereocenters. The van der Waals surface area contributed by atoms with Crippen LogP contribution < -0.4 is 0 Å². The summed E-state index contributed by atoms with van der Waals surface area (Å²) in [6.45, 7) is 4.15. The molecule has 17 heavy (non-hydrogen) atoms. The van der Waals surface area contributed by atoms with Gasteiger partial charge in [0, 0.05) is 12.2 Å². The molecule has 0 saturated carbocycles. The van der Waals surface area contributed by atoms with Gasteiger partial charge in [0.2, 0.25) is 0 Å². The molecule has 5 heteroatoms. The van der Waals surface area contributed by atoms with Crippen molar-refractivity contribution in [3.8, 4) is 0 Å². The van der Waals surface area contributed by atoms with Gasteiger partial charge in [-0.15, -0.1) is 0 Å². The summed E-state index contributed by atoms with van der Waals surface area (Å²) < 4.78 is 4.95. The second kappa shape index (κ2) is 14.0. The predicted octanol–water partition coefficient (Wildman–Crippen LogP) is 2.56. The van der Waals surface area contributed by atoms with E-state index in [1.54, 1.807) is 12.5 Å². The molecule has 0 aliphatic heterocycles. The lowest BCUT2D eigenvalue weighted by Gasteiger charge is -1.85. The van der Waals surface area contributed by atoms with Gasteiger partial charge in [-0.2, -0.15) is 0 Å². The van der Waals surface area contributed by atoms with E-state index in [1.165, 1.54) is 0 Å². The highest BCUT2D eigenvalue weighted by Gasteiger charge is 1.88. The number of allylic oxidation sites excluding steroid dienone is 2. The standard InChI is InChI=1S/C8H14O.C4H4O4/c1-3-5-7-9-8-6-4-2;5-3(6)1-2-4(7)8/h5-8H,3-4H2,1-2H3;1-2H,(H,5,6)(H,7,8)/b;2-1-. The molecule has 0 fully saturated rings. The SMILES string of the molecule is CCC=COC=CCC.O=C(O)/C=C\C(=O)O. The Balaban J connectivity index is 0. The molecule has 0 atom stereocenters. The molecular weight excluding hydrogens is 224 g/mol. The number of ether oxygens (including phenoxy) is 1. The van der Waals surface area contributed by atoms with Crippen LogP contribution in [0.25, 0.3) is 0 Å². The van der Waals surface area contributed by atoms with Gasteiger partial charge in [-0.25, -0.2) is 9.59 Å². The first-order valence-electron chi connectivity index (χ1n) is 5.13. The number of rotatable bonds is 6. The van der Waals surface area contributed by atoms with E-state index >= 15 is 0 Å². The van der Waals surface area contributed by atoms with Crippen molar-refractivity contribution in [3.05, 3.63) is 36.8 Å². The number of aliphatic carboxylic acids is 2. The van der Waals surface area contributed by atoms with Crippen molar-refractivity contribution in [1.82, 2.24) is 0 Å². The van der Waals surface area contributed by atoms with Gasteiger partial charge >= 0.3 is 11.9 Å². The molecule has 0 spiro atoms. The molecule has 0 rings (SSSR count). The van der Waals surface area contributed by atoms with Crippen LogP contribution in [0, 0.1) is 0 Å². The monoisotopic (exact) mass is 242 g/mol. The molecule has 0 saturated heterocycles. The van der Waals surface area contributed by atoms with E-state index in [4.69, 9.17) is 14.9 Å². The van der Waals surface area contributed by atoms with Crippen LogP contribution in [-0.2, 0) is 14.3 Å². The molecular formula is C12H18O5. The molecule has 0 radical (unpaired) electrons. The van der Waals surface area contributed by atoms with E-state index in [9.17, 15) is 9.59 Å². The zero-order chi connectivity index (χ0) is 13.5. The third-order valence-corrected chi connectivity index (χ3v) is 1.19. The van der Waals surface area contributed by atoms with Gasteiger partial charge in [0.1, 0.15) is 0 Å². The van der Waals surface area contributed by atoms with Crippen molar-refractivity contribution in [2.45, 2.75) is 26.7 Å². The summed E-state index contributed by atoms with van der Waals surface area (Å²) in [5.41, 5.74) is 0. The van der Waals surface area contributed by atoms with Crippen molar-refractivity contribution in [2.75, 3.05) is 0 Å². The highest BCUT2D eigenvalue weighted by molar-refractivity contribution is 5.89. The zero-order valence-corrected chi connectivity index (χ0v) is 10.00. The van der Waals surface area contributed by atoms with Gasteiger partial charge in [-0.3, -0.25) is 0 Å². The van der Waals surface area contributed by atoms with Crippen LogP contribution >= 0.6 is 0 Å². The minimum absolute atomic E-state index is 0.558. The maximum atomic E-state index is 9.55. The summed E-state index contributed by atoms with van der Waals surface area (Å²) in [7, 11) is 0. The lowest BCUT2D eigenvalue weighted by Crippen LogP contribution is -1.91. The molecule has 0 bridgehead atoms. The Bertz CT molecular complexity index is 261. The van der Waals surface area contributed by atoms with Crippen LogP contribution in [0.1, 0.15) is 26.7 Å². The number of hydrogen-bond donors (Lipinski definition) is 2. The van der Waals surface area contributed by atoms with Crippen molar-refractivity contribution in [2.24, 2.45) is 0 Å². The maximum Gasteiger partial charge on any atom is 0.328 e. The molecule has 0 heterocycles. The van der Waals surface area contributed by atoms with Gasteiger partial charge in [0.15, 0.2) is 0 Å². The fourth-order valence-electron chi connectivity index (χ4n) is 0.491. The molecule has 0 aromatic carbocycles. The molecule has 0 aromatic rings. The van der Waals surface area contributed by atoms with Gasteiger partial charge in [-0.1, -0.05) is 13.8 Å². The van der Waals surface area contributed by atoms with Crippen LogP contribution in [0.15, 0.2) is 36.8 Å². The first-order valence-corrected chi connectivity index (χ1v) is 5.13. The Kier molecular flexibility index (Phi) is 14.3. The molecule has 96 valence electrons. The van der Waals surface area contributed by atoms with E-state index in [1.807, 2.05) is 12.2 Å². The highest BCUT2D eigenvalue weighted by atomic mass is 16.5. The summed E-state index contributed by atoms with van der Waals surface area (Å²) >= 11 is 0. The summed E-state index contributed by atoms with van der Waals surface area (Å²) in [4.78, 5) is 19.1. The predicted molar refractivity (Wildman–Crippen MR) is 64.4 cm³/mol. The van der Waals surface area contributed by atoms with Crippen molar-refractivity contribution < 1.29 is 24.5 Å². The van der Waals surface area contributed by atoms with E-state index in [2.05, 4.69) is 13.8 Å². The topological polar surface area (TPSA) is 83.8 Å². The summed E-state index contributed by atoms with van der Waals surface area (Å²) in [6.07, 6.45) is 10.5. The molecule has 0 aliphatic carbocycles. The highest BCUT2D eigenvalue weighted by Crippen LogP contribution is 1.85. The average Bonchev–Trinajstić information content (AvgIpc) is 2.27. The van der Waals surface area contributed by atoms with E-state index < -0.39 is 11.9 Å². The Morgan fingerprint density at radius 2 is 1.29 bits per heavy atom. The zero-order valence-electron chi connectivity index (χ0n) is 10.00. The number of hydrogen-bond acceptors (Lipinski definition) is 3. The second-order valence-electron chi connectivity index (χ2n) is 2.71. The van der Waals surface area contributed by atoms with Gasteiger partial charge in [0.25, 0.3) is 0 Å². The van der Waals surface area contributed by atoms with Crippen LogP contribution in [0.2, 0.25) is 0 Å². The normalized spacial score (nSPS) is 10.5. The smallest absolute Gasteiger partial charge is 0.328 e. The molecule has 5 nitrogen and oxygen atoms in total. The van der Waals surface area contributed by atoms with Crippen LogP contribution in [0.5, 0.6) is 0 Å². The van der Waals surface area contributed by atoms with Crippen molar-refractivity contribution in [3.63, 3.8) is 0 Å². The van der Waals surface area contributed by atoms with Gasteiger partial charge < -0.3 is 14.9 Å². The summed E-state index contributed by atoms with van der Waals surface area (Å²) in [6, 6.07) is 0. The molecule has 2 N–H and O–H groups in total. The van der Waals surface area contributed by atoms with E-state index in [0.29, 0.717) is 12.2 Å². The number of carbonyl (C=O) groups is 2. The summed E-state index contributed by atoms with van der Waals surface area (Å²) in [5.74, 6) is -2.51. The minimum atomic E-state index is -1.26. The second-order valence-corrected chi connectivity index (χ2v) is 2.71. The lowest BCUT2D eigenvalue weighted by atomic mass is 10.5. The Morgan fingerprint density at radius 3 is 1.53 bits per heavy atom. The van der Waals surface area contributed by atoms with Gasteiger partial charge in [0.05, 0.1) is 12.5 Å². The molecule has 0 amide bonds. The third-order valence-electron chi connectivity index (χ3n) is 1.19. The van der Waals surface area contributed by atoms with Crippen molar-refractivity contribution >= 4 is 11.9 Å². The van der Waals surface area contributed by atoms with Crippen LogP contribution in [-0.4, -0.2) is 22.2 Å². The first kappa shape index (κ1) is 17.4. The minimum Gasteiger partial charge on any atom is -0.478 e. The fraction of sp³-hybridized carbons (Fsp3) is 0.333. The Labute approximate surface area is 101 Å². The van der Waals surface area contributed by atoms with Crippen molar-refractivity contribution in [1.29, 1.82) is 0 Å². The lowest BCUT2D eigenvalue weighted by molar-refractivity contribution is -0.134. The Morgan fingerprint density at radius 1 is 0.941 bits per heavy atom. The number of carboxylic acids is 2. The summed E-state index contributed by atoms with van der Waals surface area (Å²) in [5, 5.41) is 15.6. The largest absolute Gasteiger partial charge is 0.478 e. The fourth-order valence-corrected chi connectivity index (χ4v) is 0.491. The first-order chi connectivity index (χ1) is 8.04. The average molecular weight is 242 g/mol.